The van der Waals surface area contributed by atoms with Gasteiger partial charge in [0.1, 0.15) is 0 Å². The molecule has 0 fully saturated rings. The summed E-state index contributed by atoms with van der Waals surface area (Å²) in [4.78, 5) is 2.46. The molecule has 1 aromatic carbocycles. The molecule has 1 nitrogen and oxygen atoms in total. The fourth-order valence-corrected chi connectivity index (χ4v) is 3.19. The van der Waals surface area contributed by atoms with Crippen LogP contribution >= 0.6 is 0 Å². The molecule has 0 N–H and O–H groups in total. The Balaban J connectivity index is 2.01. The maximum Gasteiger partial charge on any atom is 0.0515 e. The lowest BCUT2D eigenvalue weighted by atomic mass is 9.99. The molecular formula is C17H15N. The number of hydrogen-bond acceptors (Lipinski definition) is 1. The standard InChI is InChI=1S/C17H15N/c1-2-10-18-16-11-13(5-1)6-3-7-14-8-4-9-15(12-16)17(14)18/h1-10,16H,11-12H2/b5-1?,7-3-,10-2?,13-6+. The highest BCUT2D eigenvalue weighted by molar-refractivity contribution is 5.76. The highest BCUT2D eigenvalue weighted by Crippen LogP contribution is 2.39. The van der Waals surface area contributed by atoms with E-state index in [1.54, 1.807) is 0 Å². The predicted molar refractivity (Wildman–Crippen MR) is 76.4 cm³/mol. The molecule has 3 aliphatic heterocycles. The van der Waals surface area contributed by atoms with Crippen molar-refractivity contribution in [3.8, 4) is 0 Å². The molecule has 1 aromatic rings. The normalized spacial score (nSPS) is 27.9. The third-order valence-corrected chi connectivity index (χ3v) is 3.98. The summed E-state index contributed by atoms with van der Waals surface area (Å²) < 4.78 is 0. The van der Waals surface area contributed by atoms with Gasteiger partial charge in [-0.2, -0.15) is 0 Å². The Morgan fingerprint density at radius 3 is 3.00 bits per heavy atom. The summed E-state index contributed by atoms with van der Waals surface area (Å²) in [5, 5.41) is 0. The zero-order valence-corrected chi connectivity index (χ0v) is 10.2. The van der Waals surface area contributed by atoms with Gasteiger partial charge in [0.25, 0.3) is 0 Å². The summed E-state index contributed by atoms with van der Waals surface area (Å²) in [6.07, 6.45) is 17.7. The summed E-state index contributed by atoms with van der Waals surface area (Å²) in [7, 11) is 0. The number of para-hydroxylation sites is 1. The SMILES string of the molecule is C1=C/C2=C\C=C/c3cccc4c3N(C=C1)C(C2)C4. The van der Waals surface area contributed by atoms with Crippen molar-refractivity contribution in [2.45, 2.75) is 18.9 Å². The second kappa shape index (κ2) is 3.74. The van der Waals surface area contributed by atoms with E-state index >= 15 is 0 Å². The Bertz CT molecular complexity index is 616. The Hall–Kier alpha value is -2.02. The largest absolute Gasteiger partial charge is 0.344 e. The van der Waals surface area contributed by atoms with Gasteiger partial charge in [0.2, 0.25) is 0 Å². The summed E-state index contributed by atoms with van der Waals surface area (Å²) in [5.41, 5.74) is 5.63. The van der Waals surface area contributed by atoms with Crippen molar-refractivity contribution in [2.75, 3.05) is 4.90 Å². The van der Waals surface area contributed by atoms with Crippen LogP contribution in [-0.4, -0.2) is 6.04 Å². The van der Waals surface area contributed by atoms with Crippen molar-refractivity contribution < 1.29 is 0 Å². The van der Waals surface area contributed by atoms with Gasteiger partial charge in [0.05, 0.1) is 5.69 Å². The monoisotopic (exact) mass is 233 g/mol. The predicted octanol–water partition coefficient (Wildman–Crippen LogP) is 3.84. The topological polar surface area (TPSA) is 3.24 Å². The fraction of sp³-hybridized carbons (Fsp3) is 0.176. The summed E-state index contributed by atoms with van der Waals surface area (Å²) in [6.45, 7) is 0. The molecule has 3 aliphatic rings. The molecule has 4 bridgehead atoms. The zero-order chi connectivity index (χ0) is 11.9. The van der Waals surface area contributed by atoms with Gasteiger partial charge < -0.3 is 4.90 Å². The molecule has 1 unspecified atom stereocenters. The zero-order valence-electron chi connectivity index (χ0n) is 10.2. The second-order valence-electron chi connectivity index (χ2n) is 5.13. The molecule has 1 heteroatoms. The molecule has 4 rings (SSSR count). The molecule has 1 atom stereocenters. The van der Waals surface area contributed by atoms with Crippen molar-refractivity contribution in [3.63, 3.8) is 0 Å². The van der Waals surface area contributed by atoms with Crippen LogP contribution in [0, 0.1) is 0 Å². The summed E-state index contributed by atoms with van der Waals surface area (Å²) in [6, 6.07) is 7.23. The van der Waals surface area contributed by atoms with E-state index in [0.717, 1.165) is 12.8 Å². The van der Waals surface area contributed by atoms with E-state index in [2.05, 4.69) is 65.8 Å². The number of fused-ring (bicyclic) bond motifs is 1. The Kier molecular flexibility index (Phi) is 2.07. The van der Waals surface area contributed by atoms with Gasteiger partial charge in [-0.1, -0.05) is 48.6 Å². The first-order chi connectivity index (χ1) is 8.92. The van der Waals surface area contributed by atoms with E-state index in [4.69, 9.17) is 0 Å². The number of benzene rings is 1. The molecule has 0 saturated carbocycles. The van der Waals surface area contributed by atoms with Crippen molar-refractivity contribution in [3.05, 3.63) is 71.5 Å². The first-order valence-corrected chi connectivity index (χ1v) is 6.54. The van der Waals surface area contributed by atoms with Gasteiger partial charge in [0.15, 0.2) is 0 Å². The number of allylic oxidation sites excluding steroid dienone is 5. The van der Waals surface area contributed by atoms with Gasteiger partial charge in [-0.05, 0) is 35.6 Å². The van der Waals surface area contributed by atoms with Crippen LogP contribution in [0.4, 0.5) is 5.69 Å². The van der Waals surface area contributed by atoms with Crippen LogP contribution in [0.25, 0.3) is 6.08 Å². The highest BCUT2D eigenvalue weighted by atomic mass is 15.2. The molecular weight excluding hydrogens is 218 g/mol. The van der Waals surface area contributed by atoms with Crippen molar-refractivity contribution >= 4 is 11.8 Å². The van der Waals surface area contributed by atoms with Crippen molar-refractivity contribution in [1.29, 1.82) is 0 Å². The van der Waals surface area contributed by atoms with E-state index < -0.39 is 0 Å². The smallest absolute Gasteiger partial charge is 0.0515 e. The van der Waals surface area contributed by atoms with E-state index in [0.29, 0.717) is 6.04 Å². The van der Waals surface area contributed by atoms with Crippen LogP contribution in [0.1, 0.15) is 17.5 Å². The molecule has 0 spiro atoms. The molecule has 0 radical (unpaired) electrons. The van der Waals surface area contributed by atoms with Gasteiger partial charge >= 0.3 is 0 Å². The minimum Gasteiger partial charge on any atom is -0.344 e. The van der Waals surface area contributed by atoms with Crippen LogP contribution in [0.15, 0.2) is 60.4 Å². The molecule has 3 heterocycles. The average Bonchev–Trinajstić information content (AvgIpc) is 2.68. The first kappa shape index (κ1) is 9.95. The molecule has 88 valence electrons. The second-order valence-corrected chi connectivity index (χ2v) is 5.13. The molecule has 18 heavy (non-hydrogen) atoms. The van der Waals surface area contributed by atoms with Crippen LogP contribution in [0.5, 0.6) is 0 Å². The molecule has 0 aromatic heterocycles. The van der Waals surface area contributed by atoms with Crippen LogP contribution < -0.4 is 4.90 Å². The Morgan fingerprint density at radius 1 is 1.00 bits per heavy atom. The number of nitrogens with zero attached hydrogens (tertiary/aromatic N) is 1. The average molecular weight is 233 g/mol. The third-order valence-electron chi connectivity index (χ3n) is 3.98. The summed E-state index contributed by atoms with van der Waals surface area (Å²) in [5.74, 6) is 0. The van der Waals surface area contributed by atoms with Crippen LogP contribution in [0.3, 0.4) is 0 Å². The maximum absolute atomic E-state index is 2.46. The van der Waals surface area contributed by atoms with Crippen LogP contribution in [-0.2, 0) is 6.42 Å². The lowest BCUT2D eigenvalue weighted by Crippen LogP contribution is -2.27. The van der Waals surface area contributed by atoms with E-state index in [1.165, 1.54) is 22.4 Å². The summed E-state index contributed by atoms with van der Waals surface area (Å²) >= 11 is 0. The van der Waals surface area contributed by atoms with Crippen molar-refractivity contribution in [2.24, 2.45) is 0 Å². The van der Waals surface area contributed by atoms with Gasteiger partial charge in [-0.15, -0.1) is 0 Å². The third kappa shape index (κ3) is 1.40. The fourth-order valence-electron chi connectivity index (χ4n) is 3.19. The van der Waals surface area contributed by atoms with E-state index in [9.17, 15) is 0 Å². The number of hydrogen-bond donors (Lipinski definition) is 0. The molecule has 0 saturated heterocycles. The van der Waals surface area contributed by atoms with Gasteiger partial charge in [-0.3, -0.25) is 0 Å². The maximum atomic E-state index is 2.46. The van der Waals surface area contributed by atoms with E-state index in [-0.39, 0.29) is 0 Å². The Labute approximate surface area is 107 Å². The number of anilines is 1. The number of rotatable bonds is 0. The lowest BCUT2D eigenvalue weighted by molar-refractivity contribution is 0.679. The van der Waals surface area contributed by atoms with Gasteiger partial charge in [-0.25, -0.2) is 0 Å². The Morgan fingerprint density at radius 2 is 2.00 bits per heavy atom. The molecule has 0 amide bonds. The lowest BCUT2D eigenvalue weighted by Gasteiger charge is -2.25. The minimum absolute atomic E-state index is 0.577. The quantitative estimate of drug-likeness (QED) is 0.658. The minimum atomic E-state index is 0.577. The van der Waals surface area contributed by atoms with Crippen molar-refractivity contribution in [1.82, 2.24) is 0 Å². The molecule has 0 aliphatic carbocycles. The van der Waals surface area contributed by atoms with Gasteiger partial charge in [0, 0.05) is 12.2 Å². The first-order valence-electron chi connectivity index (χ1n) is 6.54. The van der Waals surface area contributed by atoms with Crippen LogP contribution in [0.2, 0.25) is 0 Å². The van der Waals surface area contributed by atoms with E-state index in [1.807, 2.05) is 0 Å². The highest BCUT2D eigenvalue weighted by Gasteiger charge is 2.30.